The third kappa shape index (κ3) is 0.496. The summed E-state index contributed by atoms with van der Waals surface area (Å²) in [5.74, 6) is 0.751. The van der Waals surface area contributed by atoms with E-state index in [1.165, 1.54) is 12.8 Å². The Morgan fingerprint density at radius 3 is 2.45 bits per heavy atom. The van der Waals surface area contributed by atoms with Crippen LogP contribution in [0.2, 0.25) is 0 Å². The molecule has 0 aromatic carbocycles. The first-order valence-corrected chi connectivity index (χ1v) is 4.47. The van der Waals surface area contributed by atoms with Crippen molar-refractivity contribution in [2.24, 2.45) is 17.3 Å². The van der Waals surface area contributed by atoms with Gasteiger partial charge in [-0.2, -0.15) is 0 Å². The number of rotatable bonds is 0. The summed E-state index contributed by atoms with van der Waals surface area (Å²) in [6, 6.07) is 0. The molecule has 0 heterocycles. The summed E-state index contributed by atoms with van der Waals surface area (Å²) in [4.78, 5) is 11.4. The van der Waals surface area contributed by atoms with Gasteiger partial charge < -0.3 is 5.11 Å². The number of aliphatic hydroxyl groups is 1. The molecule has 0 saturated heterocycles. The number of hydrogen-bond donors (Lipinski definition) is 1. The van der Waals surface area contributed by atoms with Crippen molar-refractivity contribution in [3.05, 3.63) is 0 Å². The molecule has 0 aliphatic heterocycles. The third-order valence-electron chi connectivity index (χ3n) is 4.04. The van der Waals surface area contributed by atoms with Gasteiger partial charge in [-0.25, -0.2) is 0 Å². The maximum absolute atomic E-state index is 11.4. The van der Waals surface area contributed by atoms with E-state index in [0.29, 0.717) is 11.3 Å². The molecule has 0 aromatic rings. The molecule has 3 atom stereocenters. The van der Waals surface area contributed by atoms with Crippen LogP contribution in [0.3, 0.4) is 0 Å². The van der Waals surface area contributed by atoms with Gasteiger partial charge in [-0.1, -0.05) is 0 Å². The topological polar surface area (TPSA) is 37.3 Å². The first-order valence-electron chi connectivity index (χ1n) is 4.47. The van der Waals surface area contributed by atoms with Crippen LogP contribution >= 0.6 is 0 Å². The van der Waals surface area contributed by atoms with Gasteiger partial charge in [-0.15, -0.1) is 0 Å². The van der Waals surface area contributed by atoms with Gasteiger partial charge in [-0.05, 0) is 37.0 Å². The molecule has 0 radical (unpaired) electrons. The Morgan fingerprint density at radius 2 is 2.09 bits per heavy atom. The van der Waals surface area contributed by atoms with Crippen LogP contribution in [-0.4, -0.2) is 17.0 Å². The zero-order chi connectivity index (χ0) is 7.64. The Bertz CT molecular complexity index is 230. The maximum atomic E-state index is 11.4. The van der Waals surface area contributed by atoms with Crippen LogP contribution in [-0.2, 0) is 4.79 Å². The van der Waals surface area contributed by atoms with Crippen LogP contribution in [0, 0.1) is 17.3 Å². The van der Waals surface area contributed by atoms with Crippen molar-refractivity contribution in [3.8, 4) is 0 Å². The van der Waals surface area contributed by atoms with E-state index in [1.54, 1.807) is 0 Å². The van der Waals surface area contributed by atoms with E-state index in [2.05, 4.69) is 0 Å². The van der Waals surface area contributed by atoms with E-state index in [9.17, 15) is 9.90 Å². The highest BCUT2D eigenvalue weighted by Crippen LogP contribution is 2.69. The normalized spacial score (nSPS) is 50.6. The summed E-state index contributed by atoms with van der Waals surface area (Å²) >= 11 is 0. The largest absolute Gasteiger partial charge is 0.385 e. The zero-order valence-corrected chi connectivity index (χ0v) is 6.42. The van der Waals surface area contributed by atoms with E-state index in [0.717, 1.165) is 12.8 Å². The molecular formula is C9H12O2. The van der Waals surface area contributed by atoms with Gasteiger partial charge in [-0.3, -0.25) is 4.79 Å². The summed E-state index contributed by atoms with van der Waals surface area (Å²) < 4.78 is 0. The zero-order valence-electron chi connectivity index (χ0n) is 6.42. The molecule has 3 fully saturated rings. The fourth-order valence-corrected chi connectivity index (χ4v) is 3.35. The molecule has 3 aliphatic rings. The molecule has 60 valence electrons. The Hall–Kier alpha value is -0.370. The van der Waals surface area contributed by atoms with Gasteiger partial charge >= 0.3 is 0 Å². The lowest BCUT2D eigenvalue weighted by atomic mass is 9.94. The number of carbonyl (C=O) groups is 1. The van der Waals surface area contributed by atoms with Crippen molar-refractivity contribution >= 4 is 5.78 Å². The van der Waals surface area contributed by atoms with Gasteiger partial charge in [0.25, 0.3) is 0 Å². The minimum Gasteiger partial charge on any atom is -0.385 e. The van der Waals surface area contributed by atoms with Crippen molar-refractivity contribution in [3.63, 3.8) is 0 Å². The summed E-state index contributed by atoms with van der Waals surface area (Å²) in [6.45, 7) is 0. The first-order chi connectivity index (χ1) is 5.26. The van der Waals surface area contributed by atoms with Crippen LogP contribution in [0.1, 0.15) is 25.7 Å². The first kappa shape index (κ1) is 6.18. The summed E-state index contributed by atoms with van der Waals surface area (Å²) in [6.07, 6.45) is 3.96. The Kier molecular flexibility index (Phi) is 0.861. The molecule has 1 N–H and O–H groups in total. The lowest BCUT2D eigenvalue weighted by Crippen LogP contribution is -2.26. The van der Waals surface area contributed by atoms with Crippen molar-refractivity contribution in [2.45, 2.75) is 31.8 Å². The highest BCUT2D eigenvalue weighted by atomic mass is 16.3. The van der Waals surface area contributed by atoms with Gasteiger partial charge in [0.2, 0.25) is 0 Å². The quantitative estimate of drug-likeness (QED) is 0.555. The van der Waals surface area contributed by atoms with Gasteiger partial charge in [0.1, 0.15) is 6.10 Å². The number of ketones is 1. The molecule has 2 heteroatoms. The monoisotopic (exact) mass is 152 g/mol. The number of aliphatic hydroxyl groups excluding tert-OH is 1. The van der Waals surface area contributed by atoms with Crippen molar-refractivity contribution < 1.29 is 9.90 Å². The van der Waals surface area contributed by atoms with Crippen molar-refractivity contribution in [2.75, 3.05) is 0 Å². The predicted molar refractivity (Wildman–Crippen MR) is 38.9 cm³/mol. The fraction of sp³-hybridized carbons (Fsp3) is 0.889. The lowest BCUT2D eigenvalue weighted by molar-refractivity contribution is -0.130. The van der Waals surface area contributed by atoms with Crippen LogP contribution < -0.4 is 0 Å². The molecule has 0 amide bonds. The minimum absolute atomic E-state index is 0.152. The fourth-order valence-electron chi connectivity index (χ4n) is 3.35. The van der Waals surface area contributed by atoms with E-state index in [-0.39, 0.29) is 11.7 Å². The molecular weight excluding hydrogens is 140 g/mol. The second kappa shape index (κ2) is 1.53. The SMILES string of the molecule is O=C1C(O)C2CCC1C21CC1. The average molecular weight is 152 g/mol. The van der Waals surface area contributed by atoms with E-state index >= 15 is 0 Å². The van der Waals surface area contributed by atoms with E-state index in [4.69, 9.17) is 0 Å². The second-order valence-corrected chi connectivity index (χ2v) is 4.32. The third-order valence-corrected chi connectivity index (χ3v) is 4.04. The molecule has 3 saturated carbocycles. The molecule has 1 spiro atoms. The molecule has 2 bridgehead atoms. The molecule has 11 heavy (non-hydrogen) atoms. The van der Waals surface area contributed by atoms with E-state index in [1.807, 2.05) is 0 Å². The number of Topliss-reactive ketones (excluding diaryl/α,β-unsaturated/α-hetero) is 1. The van der Waals surface area contributed by atoms with Crippen molar-refractivity contribution in [1.82, 2.24) is 0 Å². The Labute approximate surface area is 65.6 Å². The number of carbonyl (C=O) groups excluding carboxylic acids is 1. The van der Waals surface area contributed by atoms with Gasteiger partial charge in [0.15, 0.2) is 5.78 Å². The lowest BCUT2D eigenvalue weighted by Gasteiger charge is -2.14. The van der Waals surface area contributed by atoms with Crippen LogP contribution in [0.25, 0.3) is 0 Å². The van der Waals surface area contributed by atoms with Crippen LogP contribution in [0.15, 0.2) is 0 Å². The Morgan fingerprint density at radius 1 is 1.36 bits per heavy atom. The molecule has 2 nitrogen and oxygen atoms in total. The minimum atomic E-state index is -0.587. The summed E-state index contributed by atoms with van der Waals surface area (Å²) in [5.41, 5.74) is 0.316. The smallest absolute Gasteiger partial charge is 0.165 e. The van der Waals surface area contributed by atoms with Crippen molar-refractivity contribution in [1.29, 1.82) is 0 Å². The summed E-state index contributed by atoms with van der Waals surface area (Å²) in [5, 5.41) is 9.51. The maximum Gasteiger partial charge on any atom is 0.165 e. The molecule has 3 rings (SSSR count). The van der Waals surface area contributed by atoms with Gasteiger partial charge in [0, 0.05) is 5.92 Å². The highest BCUT2D eigenvalue weighted by molar-refractivity contribution is 5.90. The van der Waals surface area contributed by atoms with Crippen LogP contribution in [0.5, 0.6) is 0 Å². The highest BCUT2D eigenvalue weighted by Gasteiger charge is 2.68. The predicted octanol–water partition coefficient (Wildman–Crippen LogP) is 0.736. The molecule has 0 aromatic heterocycles. The average Bonchev–Trinajstić information content (AvgIpc) is 2.60. The standard InChI is InChI=1S/C9H12O2/c10-7-5-1-2-6(8(7)11)9(5)3-4-9/h5-7,10H,1-4H2. The second-order valence-electron chi connectivity index (χ2n) is 4.32. The van der Waals surface area contributed by atoms with Gasteiger partial charge in [0.05, 0.1) is 0 Å². The molecule has 3 aliphatic carbocycles. The molecule has 3 unspecified atom stereocenters. The van der Waals surface area contributed by atoms with Crippen LogP contribution in [0.4, 0.5) is 0 Å². The summed E-state index contributed by atoms with van der Waals surface area (Å²) in [7, 11) is 0. The number of hydrogen-bond acceptors (Lipinski definition) is 2. The van der Waals surface area contributed by atoms with E-state index < -0.39 is 6.10 Å². The Balaban J connectivity index is 2.07.